The predicted octanol–water partition coefficient (Wildman–Crippen LogP) is 25.3. The van der Waals surface area contributed by atoms with E-state index in [2.05, 4.69) is 346 Å². The molecule has 19 rings (SSSR count). The standard InChI is InChI=1S/C93H57N3/c1-5-19-62-45-69(35-31-58(62)15-1)77-53-79-51-75(40-42-81(79)88(56-77)72-37-33-60-17-3-7-21-64(60)48-72)92-94-91(74-26-14-25-68(50-74)66-23-13-24-67(47-66)71-39-44-87-85-29-10-9-27-83(85)84-28-11-12-30-86(84)90(87)55-71)95-93(96-92)76-41-43-82-80(52-76)54-78(70-36-32-59-16-2-6-20-63(59)46-70)57-89(82)73-38-34-61-18-4-8-22-65(61)49-73/h1-57H. The molecule has 0 spiro atoms. The van der Waals surface area contributed by atoms with Gasteiger partial charge in [0.2, 0.25) is 0 Å². The van der Waals surface area contributed by atoms with Gasteiger partial charge in [0.15, 0.2) is 17.5 Å². The molecule has 0 fully saturated rings. The van der Waals surface area contributed by atoms with Gasteiger partial charge >= 0.3 is 0 Å². The van der Waals surface area contributed by atoms with E-state index in [4.69, 9.17) is 15.0 Å². The Hall–Kier alpha value is -12.7. The summed E-state index contributed by atoms with van der Waals surface area (Å²) in [6.45, 7) is 0. The van der Waals surface area contributed by atoms with E-state index >= 15 is 0 Å². The third kappa shape index (κ3) is 9.72. The van der Waals surface area contributed by atoms with Gasteiger partial charge in [-0.1, -0.05) is 267 Å². The van der Waals surface area contributed by atoms with E-state index in [0.29, 0.717) is 17.5 Å². The van der Waals surface area contributed by atoms with Gasteiger partial charge in [0, 0.05) is 16.7 Å². The lowest BCUT2D eigenvalue weighted by molar-refractivity contribution is 1.08. The second kappa shape index (κ2) is 22.6. The Kier molecular flexibility index (Phi) is 12.9. The molecule has 0 aliphatic carbocycles. The highest BCUT2D eigenvalue weighted by molar-refractivity contribution is 6.26. The van der Waals surface area contributed by atoms with Crippen LogP contribution in [0.25, 0.3) is 198 Å². The first kappa shape index (κ1) is 55.0. The molecule has 0 aliphatic rings. The van der Waals surface area contributed by atoms with Gasteiger partial charge in [0.25, 0.3) is 0 Å². The average Bonchev–Trinajstić information content (AvgIpc) is 0.757. The fraction of sp³-hybridized carbons (Fsp3) is 0. The number of rotatable bonds is 9. The Morgan fingerprint density at radius 2 is 0.385 bits per heavy atom. The van der Waals surface area contributed by atoms with Gasteiger partial charge in [-0.15, -0.1) is 0 Å². The predicted molar refractivity (Wildman–Crippen MR) is 406 cm³/mol. The van der Waals surface area contributed by atoms with Gasteiger partial charge in [-0.3, -0.25) is 0 Å². The monoisotopic (exact) mass is 1220 g/mol. The zero-order chi connectivity index (χ0) is 63.2. The van der Waals surface area contributed by atoms with Crippen molar-refractivity contribution >= 4 is 97.0 Å². The molecule has 0 N–H and O–H groups in total. The van der Waals surface area contributed by atoms with Crippen molar-refractivity contribution in [2.45, 2.75) is 0 Å². The molecule has 0 unspecified atom stereocenters. The van der Waals surface area contributed by atoms with Crippen molar-refractivity contribution < 1.29 is 0 Å². The van der Waals surface area contributed by atoms with Crippen molar-refractivity contribution in [3.05, 3.63) is 346 Å². The molecule has 1 aromatic heterocycles. The van der Waals surface area contributed by atoms with Gasteiger partial charge in [-0.05, 0) is 243 Å². The van der Waals surface area contributed by atoms with Crippen LogP contribution in [0, 0.1) is 0 Å². The first-order chi connectivity index (χ1) is 47.5. The molecule has 0 saturated carbocycles. The normalized spacial score (nSPS) is 11.8. The number of hydrogen-bond donors (Lipinski definition) is 0. The molecule has 96 heavy (non-hydrogen) atoms. The van der Waals surface area contributed by atoms with Crippen molar-refractivity contribution in [1.29, 1.82) is 0 Å². The van der Waals surface area contributed by atoms with Gasteiger partial charge < -0.3 is 0 Å². The molecule has 444 valence electrons. The Morgan fingerprint density at radius 1 is 0.125 bits per heavy atom. The smallest absolute Gasteiger partial charge is 0.164 e. The number of hydrogen-bond acceptors (Lipinski definition) is 3. The maximum Gasteiger partial charge on any atom is 0.164 e. The molecule has 18 aromatic carbocycles. The van der Waals surface area contributed by atoms with E-state index in [0.717, 1.165) is 99.4 Å². The summed E-state index contributed by atoms with van der Waals surface area (Å²) in [6, 6.07) is 127. The van der Waals surface area contributed by atoms with Crippen LogP contribution in [-0.4, -0.2) is 15.0 Å². The molecule has 0 amide bonds. The Bertz CT molecular complexity index is 6120. The highest BCUT2D eigenvalue weighted by atomic mass is 15.0. The molecule has 0 aliphatic heterocycles. The number of fused-ring (bicyclic) bond motifs is 12. The van der Waals surface area contributed by atoms with Crippen LogP contribution in [0.1, 0.15) is 0 Å². The van der Waals surface area contributed by atoms with Crippen molar-refractivity contribution in [2.75, 3.05) is 0 Å². The maximum atomic E-state index is 5.53. The molecule has 0 radical (unpaired) electrons. The molecule has 3 nitrogen and oxygen atoms in total. The molecule has 1 heterocycles. The summed E-state index contributed by atoms with van der Waals surface area (Å²) in [4.78, 5) is 16.5. The quantitative estimate of drug-likeness (QED) is 0.135. The molecule has 0 bridgehead atoms. The van der Waals surface area contributed by atoms with Crippen molar-refractivity contribution in [3.8, 4) is 101 Å². The molecule has 3 heteroatoms. The molecule has 19 aromatic rings. The van der Waals surface area contributed by atoms with E-state index in [1.54, 1.807) is 0 Å². The SMILES string of the molecule is c1cc(-c2cccc(-c3nc(-c4ccc5c(-c6ccc7ccccc7c6)cc(-c6ccc7ccccc7c6)cc5c4)nc(-c4ccc5c(-c6ccc7ccccc7c6)cc(-c6ccc7ccccc7c6)cc5c4)n3)c2)cc(-c2ccc3c4ccccc4c4ccccc4c3c2)c1. The van der Waals surface area contributed by atoms with Crippen LogP contribution >= 0.6 is 0 Å². The number of benzene rings is 18. The minimum Gasteiger partial charge on any atom is -0.208 e. The van der Waals surface area contributed by atoms with Gasteiger partial charge in [-0.2, -0.15) is 0 Å². The largest absolute Gasteiger partial charge is 0.208 e. The lowest BCUT2D eigenvalue weighted by atomic mass is 9.90. The van der Waals surface area contributed by atoms with E-state index < -0.39 is 0 Å². The van der Waals surface area contributed by atoms with E-state index in [-0.39, 0.29) is 0 Å². The van der Waals surface area contributed by atoms with Gasteiger partial charge in [0.05, 0.1) is 0 Å². The first-order valence-corrected chi connectivity index (χ1v) is 32.9. The van der Waals surface area contributed by atoms with Crippen LogP contribution in [0.4, 0.5) is 0 Å². The summed E-state index contributed by atoms with van der Waals surface area (Å²) in [5.74, 6) is 1.77. The van der Waals surface area contributed by atoms with E-state index in [1.807, 2.05) is 0 Å². The fourth-order valence-electron chi connectivity index (χ4n) is 14.8. The number of nitrogens with zero attached hydrogens (tertiary/aromatic N) is 3. The summed E-state index contributed by atoms with van der Waals surface area (Å²) in [7, 11) is 0. The Labute approximate surface area is 555 Å². The maximum absolute atomic E-state index is 5.53. The fourth-order valence-corrected chi connectivity index (χ4v) is 14.8. The van der Waals surface area contributed by atoms with Crippen molar-refractivity contribution in [1.82, 2.24) is 15.0 Å². The Morgan fingerprint density at radius 3 is 0.812 bits per heavy atom. The topological polar surface area (TPSA) is 38.7 Å². The zero-order valence-electron chi connectivity index (χ0n) is 52.3. The van der Waals surface area contributed by atoms with Crippen molar-refractivity contribution in [2.24, 2.45) is 0 Å². The lowest BCUT2D eigenvalue weighted by Gasteiger charge is -2.15. The van der Waals surface area contributed by atoms with E-state index in [9.17, 15) is 0 Å². The van der Waals surface area contributed by atoms with Crippen LogP contribution in [0.5, 0.6) is 0 Å². The molecule has 0 atom stereocenters. The second-order valence-electron chi connectivity index (χ2n) is 25.5. The third-order valence-electron chi connectivity index (χ3n) is 19.7. The minimum atomic E-state index is 0.588. The second-order valence-corrected chi connectivity index (χ2v) is 25.5. The van der Waals surface area contributed by atoms with Crippen LogP contribution in [0.2, 0.25) is 0 Å². The van der Waals surface area contributed by atoms with E-state index in [1.165, 1.54) is 81.0 Å². The van der Waals surface area contributed by atoms with Gasteiger partial charge in [-0.25, -0.2) is 15.0 Å². The highest BCUT2D eigenvalue weighted by Gasteiger charge is 2.19. The van der Waals surface area contributed by atoms with Crippen LogP contribution in [0.3, 0.4) is 0 Å². The number of aromatic nitrogens is 3. The zero-order valence-corrected chi connectivity index (χ0v) is 52.3. The molecular weight excluding hydrogens is 1160 g/mol. The first-order valence-electron chi connectivity index (χ1n) is 32.9. The van der Waals surface area contributed by atoms with Crippen molar-refractivity contribution in [3.63, 3.8) is 0 Å². The summed E-state index contributed by atoms with van der Waals surface area (Å²) in [5.41, 5.74) is 16.4. The summed E-state index contributed by atoms with van der Waals surface area (Å²) in [6.07, 6.45) is 0. The lowest BCUT2D eigenvalue weighted by Crippen LogP contribution is -2.00. The minimum absolute atomic E-state index is 0.588. The third-order valence-corrected chi connectivity index (χ3v) is 19.7. The van der Waals surface area contributed by atoms with Crippen LogP contribution < -0.4 is 0 Å². The molecule has 0 saturated heterocycles. The average molecular weight is 1220 g/mol. The van der Waals surface area contributed by atoms with Crippen LogP contribution in [0.15, 0.2) is 346 Å². The highest BCUT2D eigenvalue weighted by Crippen LogP contribution is 2.43. The van der Waals surface area contributed by atoms with Gasteiger partial charge in [0.1, 0.15) is 0 Å². The summed E-state index contributed by atoms with van der Waals surface area (Å²) in [5, 5.41) is 21.7. The Balaban J connectivity index is 0.783. The summed E-state index contributed by atoms with van der Waals surface area (Å²) >= 11 is 0. The summed E-state index contributed by atoms with van der Waals surface area (Å²) < 4.78 is 0. The van der Waals surface area contributed by atoms with Crippen LogP contribution in [-0.2, 0) is 0 Å². The molecular formula is C93H57N3.